The highest BCUT2D eigenvalue weighted by Gasteiger charge is 2.45. The Morgan fingerprint density at radius 1 is 1.16 bits per heavy atom. The Hall–Kier alpha value is -3.23. The molecule has 2 aromatic rings. The molecule has 2 unspecified atom stereocenters. The van der Waals surface area contributed by atoms with Crippen LogP contribution in [0.25, 0.3) is 0 Å². The van der Waals surface area contributed by atoms with E-state index < -0.39 is 23.7 Å². The number of amidine groups is 2. The van der Waals surface area contributed by atoms with E-state index in [2.05, 4.69) is 4.98 Å². The second kappa shape index (κ2) is 7.79. The van der Waals surface area contributed by atoms with Gasteiger partial charge in [-0.25, -0.2) is 0 Å². The average molecular weight is 429 g/mol. The molecule has 2 N–H and O–H groups in total. The monoisotopic (exact) mass is 429 g/mol. The molecule has 2 aliphatic rings. The summed E-state index contributed by atoms with van der Waals surface area (Å²) in [7, 11) is 0. The largest absolute Gasteiger partial charge is 0.416 e. The highest BCUT2D eigenvalue weighted by atomic mass is 19.4. The van der Waals surface area contributed by atoms with Crippen LogP contribution in [-0.2, 0) is 6.18 Å². The molecule has 4 rings (SSSR count). The molecular weight excluding hydrogens is 407 g/mol. The molecule has 2 atom stereocenters. The number of halogens is 3. The van der Waals surface area contributed by atoms with Crippen LogP contribution in [0, 0.1) is 17.7 Å². The number of likely N-dealkylation sites (tertiary alicyclic amines) is 1. The van der Waals surface area contributed by atoms with Crippen molar-refractivity contribution in [2.75, 3.05) is 6.54 Å². The number of nitrogens with zero attached hydrogens (tertiary/aromatic N) is 3. The van der Waals surface area contributed by atoms with Gasteiger partial charge in [0, 0.05) is 18.3 Å². The highest BCUT2D eigenvalue weighted by Crippen LogP contribution is 2.36. The Morgan fingerprint density at radius 3 is 2.61 bits per heavy atom. The Bertz CT molecular complexity index is 1040. The van der Waals surface area contributed by atoms with Gasteiger partial charge in [0.05, 0.1) is 17.6 Å². The standard InChI is InChI=1S/C22H22F3N5O/c1-13-15(7-5-8-16(13)22(23,24)25)21(31)30-14-6-4-10-18(30)20(27)29(12-14)19(26)17-9-2-3-11-28-17/h2-3,5,7-9,11,14,18,26-27H,4,6,10,12H2,1H3. The molecule has 1 aromatic heterocycles. The summed E-state index contributed by atoms with van der Waals surface area (Å²) in [5.41, 5.74) is -0.492. The number of amides is 1. The first kappa shape index (κ1) is 21.0. The number of pyridine rings is 1. The van der Waals surface area contributed by atoms with E-state index in [0.717, 1.165) is 12.5 Å². The van der Waals surface area contributed by atoms with Gasteiger partial charge < -0.3 is 9.80 Å². The lowest BCUT2D eigenvalue weighted by Gasteiger charge is -2.50. The van der Waals surface area contributed by atoms with Gasteiger partial charge in [0.15, 0.2) is 5.84 Å². The van der Waals surface area contributed by atoms with Crippen LogP contribution in [0.5, 0.6) is 0 Å². The number of carbonyl (C=O) groups is 1. The Kier molecular flexibility index (Phi) is 5.28. The van der Waals surface area contributed by atoms with E-state index in [9.17, 15) is 18.0 Å². The maximum atomic E-state index is 13.4. The topological polar surface area (TPSA) is 84.1 Å². The van der Waals surface area contributed by atoms with Gasteiger partial charge in [0.1, 0.15) is 11.5 Å². The Morgan fingerprint density at radius 2 is 1.94 bits per heavy atom. The van der Waals surface area contributed by atoms with Gasteiger partial charge >= 0.3 is 6.18 Å². The smallest absolute Gasteiger partial charge is 0.324 e. The van der Waals surface area contributed by atoms with Gasteiger partial charge in [-0.1, -0.05) is 12.1 Å². The first-order valence-corrected chi connectivity index (χ1v) is 10.1. The molecule has 1 amide bonds. The van der Waals surface area contributed by atoms with Crippen LogP contribution in [0.1, 0.15) is 46.4 Å². The Balaban J connectivity index is 1.65. The van der Waals surface area contributed by atoms with Gasteiger partial charge in [0.2, 0.25) is 0 Å². The zero-order valence-corrected chi connectivity index (χ0v) is 16.9. The van der Waals surface area contributed by atoms with E-state index in [1.165, 1.54) is 19.1 Å². The van der Waals surface area contributed by atoms with Crippen molar-refractivity contribution in [3.05, 3.63) is 65.0 Å². The van der Waals surface area contributed by atoms with Gasteiger partial charge in [-0.3, -0.25) is 20.6 Å². The quantitative estimate of drug-likeness (QED) is 0.557. The molecule has 2 saturated heterocycles. The summed E-state index contributed by atoms with van der Waals surface area (Å²) >= 11 is 0. The zero-order valence-electron chi connectivity index (χ0n) is 16.9. The SMILES string of the molecule is Cc1c(C(=O)N2C3CCCC2C(=N)N(C(=N)c2ccccn2)C3)cccc1C(F)(F)F. The summed E-state index contributed by atoms with van der Waals surface area (Å²) < 4.78 is 40.0. The second-order valence-electron chi connectivity index (χ2n) is 7.85. The minimum Gasteiger partial charge on any atom is -0.324 e. The number of hydrogen-bond donors (Lipinski definition) is 2. The van der Waals surface area contributed by atoms with Crippen LogP contribution < -0.4 is 0 Å². The first-order chi connectivity index (χ1) is 14.7. The van der Waals surface area contributed by atoms with E-state index >= 15 is 0 Å². The van der Waals surface area contributed by atoms with Gasteiger partial charge in [-0.05, 0) is 56.0 Å². The van der Waals surface area contributed by atoms with E-state index in [1.807, 2.05) is 0 Å². The van der Waals surface area contributed by atoms with Crippen LogP contribution in [0.15, 0.2) is 42.6 Å². The molecule has 0 aliphatic carbocycles. The number of hydrogen-bond acceptors (Lipinski definition) is 4. The molecule has 0 radical (unpaired) electrons. The summed E-state index contributed by atoms with van der Waals surface area (Å²) in [6.07, 6.45) is -0.956. The van der Waals surface area contributed by atoms with Crippen LogP contribution >= 0.6 is 0 Å². The van der Waals surface area contributed by atoms with Crippen molar-refractivity contribution in [2.45, 2.75) is 44.4 Å². The summed E-state index contributed by atoms with van der Waals surface area (Å²) in [4.78, 5) is 20.7. The minimum absolute atomic E-state index is 0.00720. The normalized spacial score (nSPS) is 21.2. The van der Waals surface area contributed by atoms with Crippen molar-refractivity contribution in [1.82, 2.24) is 14.8 Å². The third kappa shape index (κ3) is 3.68. The molecule has 2 bridgehead atoms. The summed E-state index contributed by atoms with van der Waals surface area (Å²) in [6.45, 7) is 1.55. The van der Waals surface area contributed by atoms with Crippen molar-refractivity contribution in [3.63, 3.8) is 0 Å². The van der Waals surface area contributed by atoms with Crippen LogP contribution in [0.3, 0.4) is 0 Å². The van der Waals surface area contributed by atoms with Gasteiger partial charge in [-0.15, -0.1) is 0 Å². The molecule has 0 spiro atoms. The predicted molar refractivity (Wildman–Crippen MR) is 109 cm³/mol. The fourth-order valence-corrected chi connectivity index (χ4v) is 4.49. The molecule has 6 nitrogen and oxygen atoms in total. The van der Waals surface area contributed by atoms with Crippen molar-refractivity contribution < 1.29 is 18.0 Å². The van der Waals surface area contributed by atoms with Gasteiger partial charge in [-0.2, -0.15) is 13.2 Å². The van der Waals surface area contributed by atoms with Crippen LogP contribution in [0.2, 0.25) is 0 Å². The molecule has 1 aromatic carbocycles. The number of nitrogens with one attached hydrogen (secondary N) is 2. The lowest BCUT2D eigenvalue weighted by Crippen LogP contribution is -2.66. The molecule has 3 heterocycles. The molecule has 2 fully saturated rings. The number of rotatable bonds is 2. The summed E-state index contributed by atoms with van der Waals surface area (Å²) in [6, 6.07) is 7.95. The van der Waals surface area contributed by atoms with E-state index in [4.69, 9.17) is 10.8 Å². The lowest BCUT2D eigenvalue weighted by molar-refractivity contribution is -0.138. The van der Waals surface area contributed by atoms with E-state index in [-0.39, 0.29) is 35.4 Å². The fraction of sp³-hybridized carbons (Fsp3) is 0.364. The Labute approximate surface area is 177 Å². The number of piperazine rings is 1. The second-order valence-corrected chi connectivity index (χ2v) is 7.85. The zero-order chi connectivity index (χ0) is 22.3. The highest BCUT2D eigenvalue weighted by molar-refractivity contribution is 6.10. The third-order valence-electron chi connectivity index (χ3n) is 6.03. The number of piperidine rings is 1. The van der Waals surface area contributed by atoms with Gasteiger partial charge in [0.25, 0.3) is 5.91 Å². The maximum Gasteiger partial charge on any atom is 0.416 e. The molecule has 31 heavy (non-hydrogen) atoms. The molecular formula is C22H22F3N5O. The van der Waals surface area contributed by atoms with Crippen LogP contribution in [-0.4, -0.2) is 51.0 Å². The lowest BCUT2D eigenvalue weighted by atomic mass is 9.88. The van der Waals surface area contributed by atoms with E-state index in [1.54, 1.807) is 34.2 Å². The number of alkyl halides is 3. The molecule has 9 heteroatoms. The number of fused-ring (bicyclic) bond motifs is 2. The van der Waals surface area contributed by atoms with Crippen molar-refractivity contribution >= 4 is 17.6 Å². The van der Waals surface area contributed by atoms with Crippen molar-refractivity contribution in [3.8, 4) is 0 Å². The van der Waals surface area contributed by atoms with E-state index in [0.29, 0.717) is 18.5 Å². The minimum atomic E-state index is -4.54. The number of benzene rings is 1. The first-order valence-electron chi connectivity index (χ1n) is 10.1. The third-order valence-corrected chi connectivity index (χ3v) is 6.03. The van der Waals surface area contributed by atoms with Crippen LogP contribution in [0.4, 0.5) is 13.2 Å². The molecule has 162 valence electrons. The fourth-order valence-electron chi connectivity index (χ4n) is 4.49. The summed E-state index contributed by atoms with van der Waals surface area (Å²) in [5.74, 6) is -0.304. The molecule has 0 saturated carbocycles. The predicted octanol–water partition coefficient (Wildman–Crippen LogP) is 4.09. The number of carbonyl (C=O) groups excluding carboxylic acids is 1. The maximum absolute atomic E-state index is 13.4. The van der Waals surface area contributed by atoms with Crippen molar-refractivity contribution in [1.29, 1.82) is 10.8 Å². The molecule has 2 aliphatic heterocycles. The summed E-state index contributed by atoms with van der Waals surface area (Å²) in [5, 5.41) is 17.2. The van der Waals surface area contributed by atoms with Crippen molar-refractivity contribution in [2.24, 2.45) is 0 Å². The number of aromatic nitrogens is 1. The average Bonchev–Trinajstić information content (AvgIpc) is 2.75.